The lowest BCUT2D eigenvalue weighted by Crippen LogP contribution is -2.54. The molecule has 0 atom stereocenters. The van der Waals surface area contributed by atoms with E-state index in [1.165, 1.54) is 15.7 Å². The number of anilines is 1. The first kappa shape index (κ1) is 22.0. The number of nitrogens with zero attached hydrogens (tertiary/aromatic N) is 3. The van der Waals surface area contributed by atoms with Gasteiger partial charge in [-0.05, 0) is 67.7 Å². The molecule has 10 heteroatoms. The van der Waals surface area contributed by atoms with E-state index in [9.17, 15) is 9.59 Å². The number of thiocarbonyl (C=S) groups is 1. The largest absolute Gasteiger partial charge is 0.439 e. The summed E-state index contributed by atoms with van der Waals surface area (Å²) in [5.74, 6) is -0.340. The van der Waals surface area contributed by atoms with Gasteiger partial charge in [0.15, 0.2) is 5.11 Å². The molecule has 3 aromatic rings. The molecule has 1 saturated heterocycles. The maximum Gasteiger partial charge on any atom is 0.270 e. The van der Waals surface area contributed by atoms with Crippen LogP contribution in [0.5, 0.6) is 11.6 Å². The van der Waals surface area contributed by atoms with Crippen molar-refractivity contribution in [3.63, 3.8) is 0 Å². The van der Waals surface area contributed by atoms with Gasteiger partial charge in [0.2, 0.25) is 5.88 Å². The van der Waals surface area contributed by atoms with Gasteiger partial charge in [0.25, 0.3) is 11.8 Å². The van der Waals surface area contributed by atoms with Crippen LogP contribution >= 0.6 is 35.4 Å². The van der Waals surface area contributed by atoms with E-state index in [4.69, 9.17) is 40.2 Å². The minimum atomic E-state index is -0.609. The lowest BCUT2D eigenvalue weighted by Gasteiger charge is -2.28. The summed E-state index contributed by atoms with van der Waals surface area (Å²) < 4.78 is 7.50. The average molecular weight is 487 g/mol. The summed E-state index contributed by atoms with van der Waals surface area (Å²) in [6.45, 7) is 1.75. The molecule has 0 unspecified atom stereocenters. The lowest BCUT2D eigenvalue weighted by atomic mass is 10.1. The zero-order valence-electron chi connectivity index (χ0n) is 16.9. The molecule has 2 amide bonds. The topological polar surface area (TPSA) is 76.5 Å². The Morgan fingerprint density at radius 1 is 1.09 bits per heavy atom. The van der Waals surface area contributed by atoms with Crippen molar-refractivity contribution < 1.29 is 14.3 Å². The van der Waals surface area contributed by atoms with Crippen molar-refractivity contribution in [2.45, 2.75) is 6.92 Å². The third-order valence-corrected chi connectivity index (χ3v) is 5.47. The second kappa shape index (κ2) is 8.74. The number of carbonyl (C=O) groups is 2. The Labute approximate surface area is 199 Å². The number of rotatable bonds is 4. The summed E-state index contributed by atoms with van der Waals surface area (Å²) in [5, 5.41) is 7.93. The highest BCUT2D eigenvalue weighted by Gasteiger charge is 2.35. The predicted octanol–water partition coefficient (Wildman–Crippen LogP) is 4.66. The first-order valence-corrected chi connectivity index (χ1v) is 10.5. The summed E-state index contributed by atoms with van der Waals surface area (Å²) >= 11 is 17.2. The smallest absolute Gasteiger partial charge is 0.270 e. The molecule has 1 fully saturated rings. The van der Waals surface area contributed by atoms with Gasteiger partial charge >= 0.3 is 0 Å². The van der Waals surface area contributed by atoms with Crippen molar-refractivity contribution in [3.05, 3.63) is 75.4 Å². The molecule has 2 aromatic carbocycles. The number of hydrogen-bond acceptors (Lipinski definition) is 5. The molecule has 1 aliphatic heterocycles. The van der Waals surface area contributed by atoms with E-state index in [0.717, 1.165) is 0 Å². The summed E-state index contributed by atoms with van der Waals surface area (Å²) in [7, 11) is 1.70. The Hall–Kier alpha value is -3.20. The Balaban J connectivity index is 1.75. The highest BCUT2D eigenvalue weighted by molar-refractivity contribution is 7.80. The number of benzene rings is 2. The van der Waals surface area contributed by atoms with Crippen LogP contribution in [-0.4, -0.2) is 26.7 Å². The monoisotopic (exact) mass is 486 g/mol. The highest BCUT2D eigenvalue weighted by atomic mass is 35.5. The Bertz CT molecular complexity index is 1280. The normalized spacial score (nSPS) is 15.3. The van der Waals surface area contributed by atoms with Crippen molar-refractivity contribution in [1.29, 1.82) is 0 Å². The van der Waals surface area contributed by atoms with Gasteiger partial charge in [-0.15, -0.1) is 0 Å². The van der Waals surface area contributed by atoms with Crippen LogP contribution in [0.4, 0.5) is 5.69 Å². The first-order valence-electron chi connectivity index (χ1n) is 9.38. The SMILES string of the molecule is Cc1nn(C)c(Oc2cccc(Cl)c2)c1/C=C1\C(=O)NC(=S)N(c2ccc(Cl)cc2)C1=O. The maximum atomic E-state index is 13.3. The van der Waals surface area contributed by atoms with Gasteiger partial charge in [-0.25, -0.2) is 4.68 Å². The maximum absolute atomic E-state index is 13.3. The molecule has 7 nitrogen and oxygen atoms in total. The Kier molecular flexibility index (Phi) is 6.01. The van der Waals surface area contributed by atoms with Crippen molar-refractivity contribution in [2.75, 3.05) is 4.90 Å². The molecule has 0 spiro atoms. The molecule has 0 aliphatic carbocycles. The summed E-state index contributed by atoms with van der Waals surface area (Å²) in [6, 6.07) is 13.4. The molecule has 0 radical (unpaired) electrons. The zero-order valence-corrected chi connectivity index (χ0v) is 19.3. The number of aryl methyl sites for hydroxylation is 2. The van der Waals surface area contributed by atoms with Gasteiger partial charge in [0.05, 0.1) is 16.9 Å². The van der Waals surface area contributed by atoms with Gasteiger partial charge in [-0.3, -0.25) is 19.8 Å². The van der Waals surface area contributed by atoms with Crippen molar-refractivity contribution in [1.82, 2.24) is 15.1 Å². The van der Waals surface area contributed by atoms with Crippen LogP contribution in [0.1, 0.15) is 11.3 Å². The minimum Gasteiger partial charge on any atom is -0.439 e. The number of ether oxygens (including phenoxy) is 1. The number of halogens is 2. The summed E-state index contributed by atoms with van der Waals surface area (Å²) in [4.78, 5) is 27.2. The fourth-order valence-corrected chi connectivity index (χ4v) is 3.80. The number of aromatic nitrogens is 2. The van der Waals surface area contributed by atoms with Gasteiger partial charge in [-0.2, -0.15) is 5.10 Å². The Morgan fingerprint density at radius 2 is 1.81 bits per heavy atom. The van der Waals surface area contributed by atoms with Crippen LogP contribution in [0.2, 0.25) is 10.0 Å². The molecule has 1 aromatic heterocycles. The molecular weight excluding hydrogens is 471 g/mol. The van der Waals surface area contributed by atoms with Crippen molar-refractivity contribution in [2.24, 2.45) is 7.05 Å². The molecule has 162 valence electrons. The third-order valence-electron chi connectivity index (χ3n) is 4.70. The molecule has 0 saturated carbocycles. The van der Waals surface area contributed by atoms with Crippen molar-refractivity contribution >= 4 is 64.1 Å². The van der Waals surface area contributed by atoms with E-state index >= 15 is 0 Å². The van der Waals surface area contributed by atoms with E-state index < -0.39 is 11.8 Å². The number of amides is 2. The number of hydrogen-bond donors (Lipinski definition) is 1. The van der Waals surface area contributed by atoms with Crippen molar-refractivity contribution in [3.8, 4) is 11.6 Å². The average Bonchev–Trinajstić information content (AvgIpc) is 2.99. The predicted molar refractivity (Wildman–Crippen MR) is 127 cm³/mol. The zero-order chi connectivity index (χ0) is 23.0. The molecule has 2 heterocycles. The van der Waals surface area contributed by atoms with Crippen LogP contribution in [0.15, 0.2) is 54.1 Å². The molecule has 0 bridgehead atoms. The summed E-state index contributed by atoms with van der Waals surface area (Å²) in [5.41, 5.74) is 1.42. The molecule has 1 N–H and O–H groups in total. The lowest BCUT2D eigenvalue weighted by molar-refractivity contribution is -0.122. The van der Waals surface area contributed by atoms with E-state index in [1.807, 2.05) is 0 Å². The minimum absolute atomic E-state index is 0.0159. The molecule has 32 heavy (non-hydrogen) atoms. The molecule has 1 aliphatic rings. The van der Waals surface area contributed by atoms with Crippen LogP contribution in [0.3, 0.4) is 0 Å². The van der Waals surface area contributed by atoms with Crippen LogP contribution in [0, 0.1) is 6.92 Å². The third kappa shape index (κ3) is 4.25. The van der Waals surface area contributed by atoms with Gasteiger partial charge in [0, 0.05) is 17.1 Å². The fraction of sp³-hybridized carbons (Fsp3) is 0.0909. The van der Waals surface area contributed by atoms with E-state index in [1.54, 1.807) is 62.5 Å². The van der Waals surface area contributed by atoms with Gasteiger partial charge in [-0.1, -0.05) is 29.3 Å². The van der Waals surface area contributed by atoms with E-state index in [-0.39, 0.29) is 10.7 Å². The molecule has 4 rings (SSSR count). The van der Waals surface area contributed by atoms with E-state index in [0.29, 0.717) is 38.6 Å². The standard InChI is InChI=1S/C22H16Cl2N4O3S/c1-12-17(21(27(2)26-12)31-16-5-3-4-14(24)10-16)11-18-19(29)25-22(32)28(20(18)30)15-8-6-13(23)7-9-15/h3-11H,1-2H3,(H,25,29,32)/b18-11+. The van der Waals surface area contributed by atoms with E-state index in [2.05, 4.69) is 10.4 Å². The quantitative estimate of drug-likeness (QED) is 0.329. The second-order valence-electron chi connectivity index (χ2n) is 6.92. The molecular formula is C22H16Cl2N4O3S. The number of carbonyl (C=O) groups excluding carboxylic acids is 2. The number of nitrogens with one attached hydrogen (secondary N) is 1. The second-order valence-corrected chi connectivity index (χ2v) is 8.18. The van der Waals surface area contributed by atoms with Crippen LogP contribution in [0.25, 0.3) is 6.08 Å². The fourth-order valence-electron chi connectivity index (χ4n) is 3.21. The first-order chi connectivity index (χ1) is 15.2. The Morgan fingerprint density at radius 3 is 2.50 bits per heavy atom. The van der Waals surface area contributed by atoms with Gasteiger partial charge < -0.3 is 4.74 Å². The van der Waals surface area contributed by atoms with Crippen LogP contribution in [-0.2, 0) is 16.6 Å². The summed E-state index contributed by atoms with van der Waals surface area (Å²) in [6.07, 6.45) is 1.45. The van der Waals surface area contributed by atoms with Crippen LogP contribution < -0.4 is 15.0 Å². The highest BCUT2D eigenvalue weighted by Crippen LogP contribution is 2.31. The van der Waals surface area contributed by atoms with Gasteiger partial charge in [0.1, 0.15) is 11.3 Å².